The molecular weight excluding hydrogens is 578 g/mol. The van der Waals surface area contributed by atoms with Crippen LogP contribution in [0.15, 0.2) is 82.1 Å². The molecule has 2 aromatic carbocycles. The summed E-state index contributed by atoms with van der Waals surface area (Å²) in [5.74, 6) is 0.704. The fraction of sp³-hybridized carbons (Fsp3) is 0.381. The number of H-pyrrole nitrogens is 1. The molecule has 2 aliphatic heterocycles. The van der Waals surface area contributed by atoms with Crippen LogP contribution in [0.5, 0.6) is 11.5 Å². The van der Waals surface area contributed by atoms with Gasteiger partial charge >= 0.3 is 0 Å². The van der Waals surface area contributed by atoms with Gasteiger partial charge in [0.1, 0.15) is 11.5 Å². The standard InChI is InChI=1S/C42H51N3O2/c1-39(2,3)27-21-25(22-28(37(27)46)40(4,5)6)35(31-15-13-19-43-31)33-17-18-34(45-33)36(32-16-14-20-44-32)26-23-29(41(7,8)9)38(47)30(24-26)42(10,11)12/h13-24,45-47H,1-12H3/b35-31-,36-32-. The predicted octanol–water partition coefficient (Wildman–Crippen LogP) is 10.4. The highest BCUT2D eigenvalue weighted by atomic mass is 16.3. The van der Waals surface area contributed by atoms with Crippen LogP contribution in [0.25, 0.3) is 11.1 Å². The number of aromatic hydroxyl groups is 2. The summed E-state index contributed by atoms with van der Waals surface area (Å²) in [4.78, 5) is 13.3. The molecule has 0 radical (unpaired) electrons. The molecule has 0 spiro atoms. The van der Waals surface area contributed by atoms with Gasteiger partial charge in [0.15, 0.2) is 0 Å². The Balaban J connectivity index is 1.78. The van der Waals surface area contributed by atoms with E-state index in [-0.39, 0.29) is 21.7 Å². The summed E-state index contributed by atoms with van der Waals surface area (Å²) in [7, 11) is 0. The quantitative estimate of drug-likeness (QED) is 0.268. The minimum atomic E-state index is -0.273. The first kappa shape index (κ1) is 34.0. The highest BCUT2D eigenvalue weighted by Crippen LogP contribution is 2.45. The summed E-state index contributed by atoms with van der Waals surface area (Å²) in [5, 5.41) is 23.0. The minimum Gasteiger partial charge on any atom is -0.507 e. The Hall–Kier alpha value is -4.38. The van der Waals surface area contributed by atoms with E-state index >= 15 is 0 Å². The lowest BCUT2D eigenvalue weighted by molar-refractivity contribution is 0.422. The maximum Gasteiger partial charge on any atom is 0.123 e. The summed E-state index contributed by atoms with van der Waals surface area (Å²) in [6, 6.07) is 12.7. The molecule has 5 rings (SSSR count). The molecule has 3 aromatic rings. The summed E-state index contributed by atoms with van der Waals surface area (Å²) in [5.41, 5.74) is 9.96. The molecule has 0 amide bonds. The number of aliphatic imine (C=N–C) groups is 2. The third-order valence-electron chi connectivity index (χ3n) is 8.87. The van der Waals surface area contributed by atoms with Gasteiger partial charge < -0.3 is 15.2 Å². The van der Waals surface area contributed by atoms with Crippen LogP contribution in [0.1, 0.15) is 128 Å². The van der Waals surface area contributed by atoms with Crippen LogP contribution in [0.3, 0.4) is 0 Å². The van der Waals surface area contributed by atoms with E-state index in [4.69, 9.17) is 9.98 Å². The highest BCUT2D eigenvalue weighted by Gasteiger charge is 2.30. The van der Waals surface area contributed by atoms with Crippen LogP contribution >= 0.6 is 0 Å². The average Bonchev–Trinajstić information content (AvgIpc) is 3.72. The second-order valence-electron chi connectivity index (χ2n) is 16.9. The molecule has 0 atom stereocenters. The van der Waals surface area contributed by atoms with Crippen molar-refractivity contribution in [2.45, 2.75) is 105 Å². The van der Waals surface area contributed by atoms with Crippen LogP contribution in [-0.4, -0.2) is 27.6 Å². The highest BCUT2D eigenvalue weighted by molar-refractivity contribution is 5.92. The van der Waals surface area contributed by atoms with Gasteiger partial charge in [0.05, 0.1) is 11.4 Å². The van der Waals surface area contributed by atoms with Crippen molar-refractivity contribution < 1.29 is 10.2 Å². The van der Waals surface area contributed by atoms with Crippen molar-refractivity contribution >= 4 is 23.6 Å². The van der Waals surface area contributed by atoms with E-state index in [1.165, 1.54) is 0 Å². The molecule has 5 heteroatoms. The van der Waals surface area contributed by atoms with Gasteiger partial charge in [-0.2, -0.15) is 0 Å². The molecule has 2 aliphatic rings. The molecule has 3 N–H and O–H groups in total. The topological polar surface area (TPSA) is 81.0 Å². The zero-order chi connectivity index (χ0) is 34.7. The fourth-order valence-corrected chi connectivity index (χ4v) is 6.31. The summed E-state index contributed by atoms with van der Waals surface area (Å²) >= 11 is 0. The van der Waals surface area contributed by atoms with Crippen molar-refractivity contribution in [3.63, 3.8) is 0 Å². The van der Waals surface area contributed by atoms with Gasteiger partial charge in [0.25, 0.3) is 0 Å². The van der Waals surface area contributed by atoms with Crippen molar-refractivity contribution in [1.82, 2.24) is 4.98 Å². The van der Waals surface area contributed by atoms with E-state index in [2.05, 4.69) is 124 Å². The van der Waals surface area contributed by atoms with Gasteiger partial charge in [0.2, 0.25) is 0 Å². The Morgan fingerprint density at radius 3 is 1.04 bits per heavy atom. The summed E-state index contributed by atoms with van der Waals surface area (Å²) in [6.07, 6.45) is 11.6. The van der Waals surface area contributed by atoms with Crippen molar-refractivity contribution in [1.29, 1.82) is 0 Å². The number of benzene rings is 2. The second-order valence-corrected chi connectivity index (χ2v) is 16.9. The summed E-state index contributed by atoms with van der Waals surface area (Å²) < 4.78 is 0. The molecule has 47 heavy (non-hydrogen) atoms. The molecule has 5 nitrogen and oxygen atoms in total. The van der Waals surface area contributed by atoms with Gasteiger partial charge in [0, 0.05) is 57.2 Å². The number of aromatic nitrogens is 1. The first-order chi connectivity index (χ1) is 21.7. The number of allylic oxidation sites excluding steroid dienone is 4. The molecule has 3 heterocycles. The Morgan fingerprint density at radius 2 is 0.809 bits per heavy atom. The van der Waals surface area contributed by atoms with Crippen LogP contribution in [0.4, 0.5) is 0 Å². The third-order valence-corrected chi connectivity index (χ3v) is 8.87. The number of hydrogen-bond acceptors (Lipinski definition) is 4. The number of nitrogens with zero attached hydrogens (tertiary/aromatic N) is 2. The van der Waals surface area contributed by atoms with Gasteiger partial charge in [-0.15, -0.1) is 0 Å². The number of phenolic OH excluding ortho intramolecular Hbond substituents is 2. The fourth-order valence-electron chi connectivity index (χ4n) is 6.31. The van der Waals surface area contributed by atoms with E-state index < -0.39 is 0 Å². The first-order valence-electron chi connectivity index (χ1n) is 16.5. The van der Waals surface area contributed by atoms with E-state index in [9.17, 15) is 10.2 Å². The van der Waals surface area contributed by atoms with Crippen molar-refractivity contribution in [3.8, 4) is 11.5 Å². The first-order valence-corrected chi connectivity index (χ1v) is 16.5. The Bertz CT molecular complexity index is 1670. The molecule has 246 valence electrons. The molecule has 0 aliphatic carbocycles. The number of aromatic amines is 1. The monoisotopic (exact) mass is 629 g/mol. The zero-order valence-corrected chi connectivity index (χ0v) is 30.2. The Labute approximate surface area is 281 Å². The zero-order valence-electron chi connectivity index (χ0n) is 30.2. The van der Waals surface area contributed by atoms with Crippen molar-refractivity contribution in [2.75, 3.05) is 0 Å². The molecule has 0 fully saturated rings. The van der Waals surface area contributed by atoms with Gasteiger partial charge in [-0.25, -0.2) is 0 Å². The number of hydrogen-bond donors (Lipinski definition) is 3. The predicted molar refractivity (Wildman–Crippen MR) is 199 cm³/mol. The van der Waals surface area contributed by atoms with E-state index in [1.807, 2.05) is 36.7 Å². The molecule has 0 saturated carbocycles. The third kappa shape index (κ3) is 6.72. The van der Waals surface area contributed by atoms with E-state index in [0.29, 0.717) is 11.5 Å². The lowest BCUT2D eigenvalue weighted by Gasteiger charge is -2.29. The van der Waals surface area contributed by atoms with E-state index in [1.54, 1.807) is 0 Å². The number of nitrogens with one attached hydrogen (secondary N) is 1. The number of phenols is 2. The minimum absolute atomic E-state index is 0.273. The molecule has 0 saturated heterocycles. The average molecular weight is 630 g/mol. The molecule has 1 aromatic heterocycles. The Kier molecular flexibility index (Phi) is 8.45. The maximum absolute atomic E-state index is 11.5. The largest absolute Gasteiger partial charge is 0.507 e. The van der Waals surface area contributed by atoms with Gasteiger partial charge in [-0.05, 0) is 93.5 Å². The Morgan fingerprint density at radius 1 is 0.511 bits per heavy atom. The van der Waals surface area contributed by atoms with Crippen LogP contribution in [0.2, 0.25) is 0 Å². The van der Waals surface area contributed by atoms with Crippen LogP contribution in [0, 0.1) is 0 Å². The molecule has 0 unspecified atom stereocenters. The number of rotatable bonds is 4. The SMILES string of the molecule is CC(C)(C)c1cc(/C(=C2\C=CC=N2)c2ccc(/C(=C3/C=CC=N3)c3cc(C(C)(C)C)c(O)c(C(C)(C)C)c3)[nH]2)cc(C(C)(C)C)c1O. The van der Waals surface area contributed by atoms with E-state index in [0.717, 1.165) is 67.3 Å². The molecule has 0 bridgehead atoms. The summed E-state index contributed by atoms with van der Waals surface area (Å²) in [6.45, 7) is 25.6. The van der Waals surface area contributed by atoms with Crippen LogP contribution in [-0.2, 0) is 21.7 Å². The smallest absolute Gasteiger partial charge is 0.123 e. The molecular formula is C42H51N3O2. The second kappa shape index (κ2) is 11.7. The van der Waals surface area contributed by atoms with Crippen LogP contribution < -0.4 is 0 Å². The lowest BCUT2D eigenvalue weighted by Crippen LogP contribution is -2.18. The van der Waals surface area contributed by atoms with Gasteiger partial charge in [-0.3, -0.25) is 9.98 Å². The van der Waals surface area contributed by atoms with Crippen molar-refractivity contribution in [3.05, 3.63) is 117 Å². The van der Waals surface area contributed by atoms with Crippen molar-refractivity contribution in [2.24, 2.45) is 9.98 Å². The normalized spacial score (nSPS) is 17.3. The maximum atomic E-state index is 11.5. The lowest BCUT2D eigenvalue weighted by atomic mass is 9.77. The van der Waals surface area contributed by atoms with Gasteiger partial charge in [-0.1, -0.05) is 83.1 Å².